The van der Waals surface area contributed by atoms with Crippen molar-refractivity contribution in [2.24, 2.45) is 0 Å². The lowest BCUT2D eigenvalue weighted by Crippen LogP contribution is -2.19. The Kier molecular flexibility index (Phi) is 5.40. The minimum absolute atomic E-state index is 0.402. The summed E-state index contributed by atoms with van der Waals surface area (Å²) >= 11 is 0. The van der Waals surface area contributed by atoms with Gasteiger partial charge in [-0.1, -0.05) is 35.9 Å². The van der Waals surface area contributed by atoms with E-state index in [1.807, 2.05) is 18.2 Å². The van der Waals surface area contributed by atoms with Gasteiger partial charge in [-0.05, 0) is 30.2 Å². The number of benzene rings is 2. The molecular weight excluding hydrogens is 276 g/mol. The molecular formula is C18H20N2O2. The predicted molar refractivity (Wildman–Crippen MR) is 85.9 cm³/mol. The molecule has 1 unspecified atom stereocenters. The molecule has 1 N–H and O–H groups in total. The molecule has 4 heteroatoms. The average Bonchev–Trinajstić information content (AvgIpc) is 2.56. The van der Waals surface area contributed by atoms with Crippen molar-refractivity contribution < 1.29 is 9.47 Å². The first kappa shape index (κ1) is 15.9. The first-order valence-electron chi connectivity index (χ1n) is 7.08. The summed E-state index contributed by atoms with van der Waals surface area (Å²) in [5, 5.41) is 12.7. The standard InChI is InChI=1S/C18H20N2O2/c1-13-4-6-14(7-5-13)12-20-16(11-19)15-8-9-17(21-2)18(10-15)22-3/h4-10,16,20H,12H2,1-3H3. The highest BCUT2D eigenvalue weighted by atomic mass is 16.5. The number of nitriles is 1. The van der Waals surface area contributed by atoms with Crippen LogP contribution in [0.5, 0.6) is 11.5 Å². The van der Waals surface area contributed by atoms with Crippen LogP contribution in [-0.2, 0) is 6.54 Å². The second-order valence-electron chi connectivity index (χ2n) is 5.04. The van der Waals surface area contributed by atoms with Gasteiger partial charge in [0.25, 0.3) is 0 Å². The number of methoxy groups -OCH3 is 2. The molecule has 0 aliphatic carbocycles. The second-order valence-corrected chi connectivity index (χ2v) is 5.04. The third kappa shape index (κ3) is 3.78. The Labute approximate surface area is 131 Å². The van der Waals surface area contributed by atoms with E-state index >= 15 is 0 Å². The van der Waals surface area contributed by atoms with Crippen LogP contribution in [0.3, 0.4) is 0 Å². The van der Waals surface area contributed by atoms with Gasteiger partial charge in [-0.2, -0.15) is 5.26 Å². The molecule has 0 aromatic heterocycles. The van der Waals surface area contributed by atoms with Crippen molar-refractivity contribution in [1.29, 1.82) is 5.26 Å². The molecule has 22 heavy (non-hydrogen) atoms. The van der Waals surface area contributed by atoms with Gasteiger partial charge in [0, 0.05) is 6.54 Å². The van der Waals surface area contributed by atoms with Crippen molar-refractivity contribution in [1.82, 2.24) is 5.32 Å². The van der Waals surface area contributed by atoms with Gasteiger partial charge in [-0.3, -0.25) is 5.32 Å². The maximum atomic E-state index is 9.41. The van der Waals surface area contributed by atoms with Gasteiger partial charge < -0.3 is 9.47 Å². The third-order valence-electron chi connectivity index (χ3n) is 3.50. The molecule has 0 fully saturated rings. The van der Waals surface area contributed by atoms with Crippen LogP contribution < -0.4 is 14.8 Å². The molecule has 2 aromatic rings. The molecule has 0 aliphatic heterocycles. The van der Waals surface area contributed by atoms with Gasteiger partial charge in [0.15, 0.2) is 11.5 Å². The van der Waals surface area contributed by atoms with Crippen LogP contribution in [-0.4, -0.2) is 14.2 Å². The van der Waals surface area contributed by atoms with E-state index in [2.05, 4.69) is 42.6 Å². The molecule has 2 rings (SSSR count). The van der Waals surface area contributed by atoms with Crippen LogP contribution in [0.4, 0.5) is 0 Å². The Morgan fingerprint density at radius 3 is 2.32 bits per heavy atom. The van der Waals surface area contributed by atoms with E-state index in [-0.39, 0.29) is 0 Å². The topological polar surface area (TPSA) is 54.3 Å². The second kappa shape index (κ2) is 7.48. The van der Waals surface area contributed by atoms with E-state index in [0.29, 0.717) is 18.0 Å². The van der Waals surface area contributed by atoms with Crippen molar-refractivity contribution in [2.75, 3.05) is 14.2 Å². The number of nitrogens with zero attached hydrogens (tertiary/aromatic N) is 1. The van der Waals surface area contributed by atoms with Gasteiger partial charge in [0.2, 0.25) is 0 Å². The van der Waals surface area contributed by atoms with E-state index in [4.69, 9.17) is 9.47 Å². The van der Waals surface area contributed by atoms with Crippen LogP contribution in [0.15, 0.2) is 42.5 Å². The SMILES string of the molecule is COc1ccc(C(C#N)NCc2ccc(C)cc2)cc1OC. The van der Waals surface area contributed by atoms with Crippen LogP contribution in [0.1, 0.15) is 22.7 Å². The van der Waals surface area contributed by atoms with Gasteiger partial charge in [-0.15, -0.1) is 0 Å². The Bertz CT molecular complexity index is 660. The zero-order valence-corrected chi connectivity index (χ0v) is 13.1. The molecule has 1 atom stereocenters. The minimum Gasteiger partial charge on any atom is -0.493 e. The zero-order valence-electron chi connectivity index (χ0n) is 13.1. The Morgan fingerprint density at radius 2 is 1.73 bits per heavy atom. The van der Waals surface area contributed by atoms with Gasteiger partial charge in [0.05, 0.1) is 20.3 Å². The van der Waals surface area contributed by atoms with E-state index in [9.17, 15) is 5.26 Å². The highest BCUT2D eigenvalue weighted by molar-refractivity contribution is 5.44. The summed E-state index contributed by atoms with van der Waals surface area (Å²) in [5.41, 5.74) is 3.22. The number of aryl methyl sites for hydroxylation is 1. The first-order valence-corrected chi connectivity index (χ1v) is 7.08. The fraction of sp³-hybridized carbons (Fsp3) is 0.278. The maximum Gasteiger partial charge on any atom is 0.161 e. The number of ether oxygens (including phenoxy) is 2. The number of hydrogen-bond acceptors (Lipinski definition) is 4. The Hall–Kier alpha value is -2.51. The normalized spacial score (nSPS) is 11.5. The van der Waals surface area contributed by atoms with Crippen LogP contribution in [0.25, 0.3) is 0 Å². The van der Waals surface area contributed by atoms with E-state index in [1.54, 1.807) is 14.2 Å². The lowest BCUT2D eigenvalue weighted by Gasteiger charge is -2.15. The number of nitrogens with one attached hydrogen (secondary N) is 1. The summed E-state index contributed by atoms with van der Waals surface area (Å²) in [4.78, 5) is 0. The predicted octanol–water partition coefficient (Wildman–Crippen LogP) is 3.37. The molecule has 4 nitrogen and oxygen atoms in total. The first-order chi connectivity index (χ1) is 10.7. The van der Waals surface area contributed by atoms with Crippen molar-refractivity contribution >= 4 is 0 Å². The third-order valence-corrected chi connectivity index (χ3v) is 3.50. The summed E-state index contributed by atoms with van der Waals surface area (Å²) < 4.78 is 10.5. The van der Waals surface area contributed by atoms with Gasteiger partial charge >= 0.3 is 0 Å². The molecule has 0 aliphatic rings. The molecule has 0 amide bonds. The lowest BCUT2D eigenvalue weighted by atomic mass is 10.1. The summed E-state index contributed by atoms with van der Waals surface area (Å²) in [5.74, 6) is 1.28. The van der Waals surface area contributed by atoms with Crippen LogP contribution in [0.2, 0.25) is 0 Å². The largest absolute Gasteiger partial charge is 0.493 e. The smallest absolute Gasteiger partial charge is 0.161 e. The van der Waals surface area contributed by atoms with Gasteiger partial charge in [0.1, 0.15) is 6.04 Å². The maximum absolute atomic E-state index is 9.41. The molecule has 0 saturated heterocycles. The fourth-order valence-electron chi connectivity index (χ4n) is 2.20. The van der Waals surface area contributed by atoms with Gasteiger partial charge in [-0.25, -0.2) is 0 Å². The summed E-state index contributed by atoms with van der Waals surface area (Å²) in [6.45, 7) is 2.69. The summed E-state index contributed by atoms with van der Waals surface area (Å²) in [7, 11) is 3.18. The molecule has 0 saturated carbocycles. The quantitative estimate of drug-likeness (QED) is 0.888. The molecule has 0 radical (unpaired) electrons. The monoisotopic (exact) mass is 296 g/mol. The Morgan fingerprint density at radius 1 is 1.05 bits per heavy atom. The highest BCUT2D eigenvalue weighted by Gasteiger charge is 2.13. The van der Waals surface area contributed by atoms with Crippen LogP contribution >= 0.6 is 0 Å². The van der Waals surface area contributed by atoms with Crippen molar-refractivity contribution in [3.63, 3.8) is 0 Å². The molecule has 114 valence electrons. The number of hydrogen-bond donors (Lipinski definition) is 1. The lowest BCUT2D eigenvalue weighted by molar-refractivity contribution is 0.354. The highest BCUT2D eigenvalue weighted by Crippen LogP contribution is 2.29. The molecule has 0 bridgehead atoms. The van der Waals surface area contributed by atoms with E-state index in [1.165, 1.54) is 5.56 Å². The van der Waals surface area contributed by atoms with Crippen molar-refractivity contribution in [3.8, 4) is 17.6 Å². The fourth-order valence-corrected chi connectivity index (χ4v) is 2.20. The number of rotatable bonds is 6. The summed E-state index contributed by atoms with van der Waals surface area (Å²) in [6, 6.07) is 15.6. The minimum atomic E-state index is -0.402. The van der Waals surface area contributed by atoms with E-state index < -0.39 is 6.04 Å². The molecule has 2 aromatic carbocycles. The van der Waals surface area contributed by atoms with Crippen LogP contribution in [0, 0.1) is 18.3 Å². The van der Waals surface area contributed by atoms with Crippen molar-refractivity contribution in [2.45, 2.75) is 19.5 Å². The Balaban J connectivity index is 2.11. The molecule has 0 heterocycles. The summed E-state index contributed by atoms with van der Waals surface area (Å²) in [6.07, 6.45) is 0. The molecule has 0 spiro atoms. The zero-order chi connectivity index (χ0) is 15.9. The van der Waals surface area contributed by atoms with Crippen molar-refractivity contribution in [3.05, 3.63) is 59.2 Å². The average molecular weight is 296 g/mol. The van der Waals surface area contributed by atoms with E-state index in [0.717, 1.165) is 11.1 Å².